The van der Waals surface area contributed by atoms with Crippen molar-refractivity contribution in [2.75, 3.05) is 0 Å². The van der Waals surface area contributed by atoms with Gasteiger partial charge in [-0.15, -0.1) is 0 Å². The Morgan fingerprint density at radius 1 is 1.04 bits per heavy atom. The molecule has 3 saturated carbocycles. The van der Waals surface area contributed by atoms with E-state index in [0.717, 1.165) is 35.0 Å². The molecule has 3 aliphatic rings. The van der Waals surface area contributed by atoms with Gasteiger partial charge in [0.2, 0.25) is 0 Å². The maximum atomic E-state index is 2.57. The molecule has 3 fully saturated rings. The Morgan fingerprint density at radius 3 is 2.22 bits per heavy atom. The van der Waals surface area contributed by atoms with Gasteiger partial charge in [-0.3, -0.25) is 0 Å². The standard InChI is InChI=1S/C23H42/c1-8-12-23(15-16(23)2)17-9-10-20-18(14-17)19(21(3,4)5)11-13-22(20,6)7/h16-20H,8-15H2,1-7H3. The van der Waals surface area contributed by atoms with Crippen LogP contribution < -0.4 is 0 Å². The van der Waals surface area contributed by atoms with Crippen molar-refractivity contribution in [2.24, 2.45) is 45.8 Å². The van der Waals surface area contributed by atoms with E-state index in [-0.39, 0.29) is 0 Å². The highest BCUT2D eigenvalue weighted by Crippen LogP contribution is 2.67. The van der Waals surface area contributed by atoms with Gasteiger partial charge in [0, 0.05) is 0 Å². The van der Waals surface area contributed by atoms with E-state index >= 15 is 0 Å². The van der Waals surface area contributed by atoms with Gasteiger partial charge in [0.05, 0.1) is 0 Å². The van der Waals surface area contributed by atoms with Crippen molar-refractivity contribution in [2.45, 2.75) is 99.8 Å². The van der Waals surface area contributed by atoms with Gasteiger partial charge in [0.15, 0.2) is 0 Å². The van der Waals surface area contributed by atoms with Crippen LogP contribution >= 0.6 is 0 Å². The van der Waals surface area contributed by atoms with Gasteiger partial charge >= 0.3 is 0 Å². The minimum absolute atomic E-state index is 0.494. The maximum absolute atomic E-state index is 2.57. The molecule has 3 aliphatic carbocycles. The zero-order chi connectivity index (χ0) is 17.0. The van der Waals surface area contributed by atoms with Crippen LogP contribution in [-0.4, -0.2) is 0 Å². The fourth-order valence-corrected chi connectivity index (χ4v) is 7.24. The largest absolute Gasteiger partial charge is 0.0654 e. The fraction of sp³-hybridized carbons (Fsp3) is 1.00. The monoisotopic (exact) mass is 318 g/mol. The first-order valence-electron chi connectivity index (χ1n) is 10.6. The van der Waals surface area contributed by atoms with Gasteiger partial charge < -0.3 is 0 Å². The molecular formula is C23H42. The topological polar surface area (TPSA) is 0 Å². The maximum Gasteiger partial charge on any atom is -0.0241 e. The molecule has 0 heterocycles. The third-order valence-electron chi connectivity index (χ3n) is 8.67. The Balaban J connectivity index is 1.82. The first kappa shape index (κ1) is 17.8. The summed E-state index contributed by atoms with van der Waals surface area (Å²) in [6, 6.07) is 0. The first-order valence-corrected chi connectivity index (χ1v) is 10.6. The Kier molecular flexibility index (Phi) is 4.47. The highest BCUT2D eigenvalue weighted by Gasteiger charge is 2.58. The number of fused-ring (bicyclic) bond motifs is 1. The highest BCUT2D eigenvalue weighted by molar-refractivity contribution is 5.08. The van der Waals surface area contributed by atoms with E-state index in [2.05, 4.69) is 48.5 Å². The molecule has 0 aromatic rings. The number of hydrogen-bond donors (Lipinski definition) is 0. The van der Waals surface area contributed by atoms with E-state index in [1.807, 2.05) is 0 Å². The molecule has 0 amide bonds. The van der Waals surface area contributed by atoms with Crippen LogP contribution in [0.2, 0.25) is 0 Å². The number of rotatable bonds is 3. The number of hydrogen-bond acceptors (Lipinski definition) is 0. The third kappa shape index (κ3) is 3.02. The smallest absolute Gasteiger partial charge is 0.0241 e. The quantitative estimate of drug-likeness (QED) is 0.511. The Labute approximate surface area is 146 Å². The van der Waals surface area contributed by atoms with Crippen molar-refractivity contribution in [1.82, 2.24) is 0 Å². The van der Waals surface area contributed by atoms with Crippen LogP contribution in [0.3, 0.4) is 0 Å². The molecule has 134 valence electrons. The second kappa shape index (κ2) is 5.77. The molecule has 0 saturated heterocycles. The molecule has 3 rings (SSSR count). The van der Waals surface area contributed by atoms with Crippen LogP contribution in [0.15, 0.2) is 0 Å². The van der Waals surface area contributed by atoms with E-state index in [4.69, 9.17) is 0 Å². The molecule has 0 aromatic carbocycles. The molecule has 6 unspecified atom stereocenters. The molecule has 23 heavy (non-hydrogen) atoms. The zero-order valence-electron chi connectivity index (χ0n) is 17.0. The lowest BCUT2D eigenvalue weighted by atomic mass is 9.49. The van der Waals surface area contributed by atoms with Crippen molar-refractivity contribution >= 4 is 0 Å². The predicted molar refractivity (Wildman–Crippen MR) is 101 cm³/mol. The third-order valence-corrected chi connectivity index (χ3v) is 8.67. The molecule has 0 spiro atoms. The lowest BCUT2D eigenvalue weighted by Gasteiger charge is -2.56. The summed E-state index contributed by atoms with van der Waals surface area (Å²) in [7, 11) is 0. The molecule has 0 nitrogen and oxygen atoms in total. The van der Waals surface area contributed by atoms with Gasteiger partial charge in [-0.05, 0) is 90.8 Å². The lowest BCUT2D eigenvalue weighted by Crippen LogP contribution is -2.48. The van der Waals surface area contributed by atoms with Gasteiger partial charge in [0.25, 0.3) is 0 Å². The Bertz CT molecular complexity index is 424. The van der Waals surface area contributed by atoms with Crippen molar-refractivity contribution in [3.8, 4) is 0 Å². The van der Waals surface area contributed by atoms with E-state index in [9.17, 15) is 0 Å². The Hall–Kier alpha value is 0. The average Bonchev–Trinajstić information content (AvgIpc) is 3.08. The highest BCUT2D eigenvalue weighted by atomic mass is 14.6. The van der Waals surface area contributed by atoms with Gasteiger partial charge in [-0.2, -0.15) is 0 Å². The second-order valence-electron chi connectivity index (χ2n) is 11.4. The minimum atomic E-state index is 0.494. The summed E-state index contributed by atoms with van der Waals surface area (Å²) in [6.07, 6.45) is 12.0. The van der Waals surface area contributed by atoms with Crippen LogP contribution in [0.25, 0.3) is 0 Å². The first-order chi connectivity index (χ1) is 10.6. The van der Waals surface area contributed by atoms with Crippen molar-refractivity contribution in [1.29, 1.82) is 0 Å². The van der Waals surface area contributed by atoms with Crippen LogP contribution in [-0.2, 0) is 0 Å². The molecule has 6 atom stereocenters. The molecule has 0 N–H and O–H groups in total. The Morgan fingerprint density at radius 2 is 1.70 bits per heavy atom. The molecule has 0 aliphatic heterocycles. The lowest BCUT2D eigenvalue weighted by molar-refractivity contribution is -0.0666. The SMILES string of the molecule is CCCC1(C2CCC3C(C2)C(C(C)(C)C)CCC3(C)C)CC1C. The molecule has 0 aromatic heterocycles. The average molecular weight is 319 g/mol. The zero-order valence-corrected chi connectivity index (χ0v) is 17.0. The van der Waals surface area contributed by atoms with Gasteiger partial charge in [-0.1, -0.05) is 54.9 Å². The summed E-state index contributed by atoms with van der Waals surface area (Å²) >= 11 is 0. The second-order valence-corrected chi connectivity index (χ2v) is 11.4. The molecule has 0 bridgehead atoms. The van der Waals surface area contributed by atoms with E-state index < -0.39 is 0 Å². The van der Waals surface area contributed by atoms with E-state index in [1.54, 1.807) is 6.42 Å². The van der Waals surface area contributed by atoms with E-state index in [0.29, 0.717) is 10.8 Å². The van der Waals surface area contributed by atoms with Crippen LogP contribution in [0.5, 0.6) is 0 Å². The molecule has 0 heteroatoms. The predicted octanol–water partition coefficient (Wildman–Crippen LogP) is 7.33. The van der Waals surface area contributed by atoms with E-state index in [1.165, 1.54) is 44.9 Å². The summed E-state index contributed by atoms with van der Waals surface area (Å²) in [5.74, 6) is 4.99. The summed E-state index contributed by atoms with van der Waals surface area (Å²) < 4.78 is 0. The van der Waals surface area contributed by atoms with Crippen LogP contribution in [0.4, 0.5) is 0 Å². The molecular weight excluding hydrogens is 276 g/mol. The van der Waals surface area contributed by atoms with Crippen LogP contribution in [0, 0.1) is 45.8 Å². The van der Waals surface area contributed by atoms with Crippen molar-refractivity contribution in [3.63, 3.8) is 0 Å². The fourth-order valence-electron chi connectivity index (χ4n) is 7.24. The van der Waals surface area contributed by atoms with Crippen molar-refractivity contribution in [3.05, 3.63) is 0 Å². The minimum Gasteiger partial charge on any atom is -0.0654 e. The van der Waals surface area contributed by atoms with Gasteiger partial charge in [0.1, 0.15) is 0 Å². The summed E-state index contributed by atoms with van der Waals surface area (Å²) in [5, 5.41) is 0. The summed E-state index contributed by atoms with van der Waals surface area (Å²) in [6.45, 7) is 17.6. The van der Waals surface area contributed by atoms with Crippen LogP contribution in [0.1, 0.15) is 99.8 Å². The summed E-state index contributed by atoms with van der Waals surface area (Å²) in [5.41, 5.74) is 1.84. The normalized spacial score (nSPS) is 46.3. The summed E-state index contributed by atoms with van der Waals surface area (Å²) in [4.78, 5) is 0. The molecule has 0 radical (unpaired) electrons. The van der Waals surface area contributed by atoms with Crippen molar-refractivity contribution < 1.29 is 0 Å². The van der Waals surface area contributed by atoms with Gasteiger partial charge in [-0.25, -0.2) is 0 Å².